The van der Waals surface area contributed by atoms with Crippen LogP contribution in [0.3, 0.4) is 0 Å². The number of rotatable bonds is 2. The number of aliphatic hydroxyl groups is 1. The van der Waals surface area contributed by atoms with Crippen molar-refractivity contribution in [3.05, 3.63) is 35.4 Å². The lowest BCUT2D eigenvalue weighted by atomic mass is 10.1. The van der Waals surface area contributed by atoms with Crippen LogP contribution in [-0.2, 0) is 0 Å². The number of carbonyl (C=O) groups excluding carboxylic acids is 1. The number of amides is 1. The van der Waals surface area contributed by atoms with Crippen LogP contribution in [0.4, 0.5) is 0 Å². The van der Waals surface area contributed by atoms with E-state index >= 15 is 0 Å². The van der Waals surface area contributed by atoms with Gasteiger partial charge in [0.15, 0.2) is 6.23 Å². The van der Waals surface area contributed by atoms with Crippen molar-refractivity contribution in [1.82, 2.24) is 4.90 Å². The van der Waals surface area contributed by atoms with Gasteiger partial charge in [0.1, 0.15) is 0 Å². The number of fused-ring (bicyclic) bond motifs is 1. The first-order valence-corrected chi connectivity index (χ1v) is 4.93. The summed E-state index contributed by atoms with van der Waals surface area (Å²) in [6, 6.07) is 7.06. The number of halogens is 1. The molecule has 1 heterocycles. The van der Waals surface area contributed by atoms with Crippen LogP contribution in [0.25, 0.3) is 0 Å². The fraction of sp³-hybridized carbons (Fsp3) is 0.300. The molecular weight excluding hydrogens is 202 g/mol. The minimum absolute atomic E-state index is 0.145. The van der Waals surface area contributed by atoms with Gasteiger partial charge in [-0.3, -0.25) is 4.79 Å². The van der Waals surface area contributed by atoms with Crippen LogP contribution in [0, 0.1) is 0 Å². The molecule has 2 rings (SSSR count). The zero-order valence-electron chi connectivity index (χ0n) is 7.48. The van der Waals surface area contributed by atoms with Crippen molar-refractivity contribution in [3.8, 4) is 0 Å². The topological polar surface area (TPSA) is 40.5 Å². The average Bonchev–Trinajstić information content (AvgIpc) is 2.45. The zero-order valence-corrected chi connectivity index (χ0v) is 8.24. The van der Waals surface area contributed by atoms with Crippen LogP contribution in [-0.4, -0.2) is 28.3 Å². The van der Waals surface area contributed by atoms with Crippen molar-refractivity contribution in [2.75, 3.05) is 12.4 Å². The number of alkyl halides is 1. The molecule has 1 atom stereocenters. The van der Waals surface area contributed by atoms with E-state index in [0.717, 1.165) is 0 Å². The Kier molecular flexibility index (Phi) is 2.44. The van der Waals surface area contributed by atoms with Crippen molar-refractivity contribution >= 4 is 17.5 Å². The van der Waals surface area contributed by atoms with Gasteiger partial charge in [0.2, 0.25) is 0 Å². The molecule has 0 fully saturated rings. The first-order valence-electron chi connectivity index (χ1n) is 4.39. The van der Waals surface area contributed by atoms with E-state index in [1.165, 1.54) is 4.90 Å². The predicted octanol–water partition coefficient (Wildman–Crippen LogP) is 1.37. The van der Waals surface area contributed by atoms with Crippen molar-refractivity contribution in [2.24, 2.45) is 0 Å². The molecule has 74 valence electrons. The fourth-order valence-corrected chi connectivity index (χ4v) is 1.85. The van der Waals surface area contributed by atoms with E-state index in [-0.39, 0.29) is 5.91 Å². The Balaban J connectivity index is 2.38. The molecule has 1 aromatic carbocycles. The van der Waals surface area contributed by atoms with E-state index in [9.17, 15) is 9.90 Å². The highest BCUT2D eigenvalue weighted by Gasteiger charge is 2.34. The Labute approximate surface area is 86.9 Å². The molecule has 0 saturated carbocycles. The molecule has 0 radical (unpaired) electrons. The largest absolute Gasteiger partial charge is 0.369 e. The Morgan fingerprint density at radius 2 is 2.14 bits per heavy atom. The maximum atomic E-state index is 11.7. The third-order valence-electron chi connectivity index (χ3n) is 2.35. The van der Waals surface area contributed by atoms with E-state index in [1.54, 1.807) is 24.3 Å². The first kappa shape index (κ1) is 9.49. The van der Waals surface area contributed by atoms with E-state index in [2.05, 4.69) is 0 Å². The quantitative estimate of drug-likeness (QED) is 0.751. The van der Waals surface area contributed by atoms with Crippen molar-refractivity contribution in [2.45, 2.75) is 6.23 Å². The smallest absolute Gasteiger partial charge is 0.256 e. The zero-order chi connectivity index (χ0) is 10.1. The summed E-state index contributed by atoms with van der Waals surface area (Å²) < 4.78 is 0. The van der Waals surface area contributed by atoms with Gasteiger partial charge in [-0.15, -0.1) is 11.6 Å². The molecular formula is C10H10ClNO2. The van der Waals surface area contributed by atoms with Crippen LogP contribution < -0.4 is 0 Å². The second-order valence-corrected chi connectivity index (χ2v) is 3.53. The van der Waals surface area contributed by atoms with Crippen molar-refractivity contribution in [3.63, 3.8) is 0 Å². The van der Waals surface area contributed by atoms with Gasteiger partial charge < -0.3 is 10.0 Å². The number of aliphatic hydroxyl groups excluding tert-OH is 1. The molecule has 1 unspecified atom stereocenters. The number of hydrogen-bond donors (Lipinski definition) is 1. The van der Waals surface area contributed by atoms with Crippen LogP contribution in [0.15, 0.2) is 24.3 Å². The first-order chi connectivity index (χ1) is 6.75. The average molecular weight is 212 g/mol. The van der Waals surface area contributed by atoms with Gasteiger partial charge in [0.25, 0.3) is 5.91 Å². The molecule has 1 amide bonds. The number of hydrogen-bond acceptors (Lipinski definition) is 2. The Morgan fingerprint density at radius 1 is 1.43 bits per heavy atom. The summed E-state index contributed by atoms with van der Waals surface area (Å²) in [6.07, 6.45) is -0.836. The van der Waals surface area contributed by atoms with Crippen molar-refractivity contribution < 1.29 is 9.90 Å². The lowest BCUT2D eigenvalue weighted by molar-refractivity contribution is 0.0206. The normalized spacial score (nSPS) is 20.0. The van der Waals surface area contributed by atoms with Gasteiger partial charge in [-0.2, -0.15) is 0 Å². The summed E-state index contributed by atoms with van der Waals surface area (Å²) in [5.74, 6) is 0.185. The third-order valence-corrected chi connectivity index (χ3v) is 2.52. The summed E-state index contributed by atoms with van der Waals surface area (Å²) in [6.45, 7) is 0.371. The van der Waals surface area contributed by atoms with Crippen LogP contribution in [0.2, 0.25) is 0 Å². The Bertz CT molecular complexity index is 367. The monoisotopic (exact) mass is 211 g/mol. The standard InChI is InChI=1S/C10H10ClNO2/c11-5-6-12-9(13)7-3-1-2-4-8(7)10(12)14/h1-4,9,13H,5-6H2. The lowest BCUT2D eigenvalue weighted by Gasteiger charge is -2.18. The molecule has 4 heteroatoms. The minimum Gasteiger partial charge on any atom is -0.369 e. The summed E-state index contributed by atoms with van der Waals surface area (Å²) in [7, 11) is 0. The van der Waals surface area contributed by atoms with Gasteiger partial charge in [-0.05, 0) is 6.07 Å². The van der Waals surface area contributed by atoms with E-state index in [4.69, 9.17) is 11.6 Å². The molecule has 1 aliphatic rings. The highest BCUT2D eigenvalue weighted by Crippen LogP contribution is 2.30. The van der Waals surface area contributed by atoms with Gasteiger partial charge in [-0.25, -0.2) is 0 Å². The van der Waals surface area contributed by atoms with Crippen LogP contribution >= 0.6 is 11.6 Å². The van der Waals surface area contributed by atoms with E-state index in [0.29, 0.717) is 23.6 Å². The molecule has 0 aliphatic carbocycles. The van der Waals surface area contributed by atoms with Gasteiger partial charge in [0.05, 0.1) is 0 Å². The summed E-state index contributed by atoms with van der Waals surface area (Å²) in [5, 5.41) is 9.79. The highest BCUT2D eigenvalue weighted by molar-refractivity contribution is 6.18. The summed E-state index contributed by atoms with van der Waals surface area (Å²) in [5.41, 5.74) is 1.24. The molecule has 14 heavy (non-hydrogen) atoms. The van der Waals surface area contributed by atoms with Crippen LogP contribution in [0.5, 0.6) is 0 Å². The third kappa shape index (κ3) is 1.29. The summed E-state index contributed by atoms with van der Waals surface area (Å²) >= 11 is 5.55. The van der Waals surface area contributed by atoms with Crippen LogP contribution in [0.1, 0.15) is 22.1 Å². The molecule has 0 saturated heterocycles. The van der Waals surface area contributed by atoms with Crippen molar-refractivity contribution in [1.29, 1.82) is 0 Å². The SMILES string of the molecule is O=C1c2ccccc2C(O)N1CCCl. The Morgan fingerprint density at radius 3 is 2.79 bits per heavy atom. The second-order valence-electron chi connectivity index (χ2n) is 3.15. The molecule has 3 nitrogen and oxygen atoms in total. The number of benzene rings is 1. The molecule has 1 N–H and O–H groups in total. The van der Waals surface area contributed by atoms with Gasteiger partial charge >= 0.3 is 0 Å². The number of nitrogens with zero attached hydrogens (tertiary/aromatic N) is 1. The highest BCUT2D eigenvalue weighted by atomic mass is 35.5. The van der Waals surface area contributed by atoms with Gasteiger partial charge in [-0.1, -0.05) is 18.2 Å². The van der Waals surface area contributed by atoms with E-state index in [1.807, 2.05) is 0 Å². The lowest BCUT2D eigenvalue weighted by Crippen LogP contribution is -2.29. The Hall–Kier alpha value is -1.06. The maximum Gasteiger partial charge on any atom is 0.256 e. The molecule has 0 aromatic heterocycles. The van der Waals surface area contributed by atoms with E-state index < -0.39 is 6.23 Å². The molecule has 0 bridgehead atoms. The molecule has 0 spiro atoms. The second kappa shape index (κ2) is 3.59. The fourth-order valence-electron chi connectivity index (χ4n) is 1.67. The van der Waals surface area contributed by atoms with Gasteiger partial charge in [0, 0.05) is 23.6 Å². The molecule has 1 aromatic rings. The number of carbonyl (C=O) groups is 1. The minimum atomic E-state index is -0.836. The maximum absolute atomic E-state index is 11.7. The summed E-state index contributed by atoms with van der Waals surface area (Å²) in [4.78, 5) is 13.1. The predicted molar refractivity (Wildman–Crippen MR) is 53.2 cm³/mol. The molecule has 1 aliphatic heterocycles.